The highest BCUT2D eigenvalue weighted by atomic mass is 16.4. The Bertz CT molecular complexity index is 2730. The zero-order valence-corrected chi connectivity index (χ0v) is 51.7. The molecule has 1 aromatic carbocycles. The van der Waals surface area contributed by atoms with Gasteiger partial charge in [0.2, 0.25) is 70.9 Å². The maximum Gasteiger partial charge on any atom is 0.322 e. The number of aliphatic hydroxyl groups excluding tert-OH is 1. The zero-order valence-electron chi connectivity index (χ0n) is 51.7. The first kappa shape index (κ1) is 73.7. The van der Waals surface area contributed by atoms with E-state index in [0.29, 0.717) is 17.7 Å². The minimum absolute atomic E-state index is 0.0154. The molecule has 1 saturated heterocycles. The van der Waals surface area contributed by atoms with Crippen LogP contribution in [0.3, 0.4) is 0 Å². The molecule has 2 heterocycles. The third kappa shape index (κ3) is 24.7. The van der Waals surface area contributed by atoms with Crippen LogP contribution in [0.15, 0.2) is 42.9 Å². The smallest absolute Gasteiger partial charge is 0.322 e. The number of amides is 12. The number of carboxylic acid groups (broad SMARTS) is 1. The number of rotatable bonds is 36. The number of hydrogen-bond acceptors (Lipinski definition) is 16. The van der Waals surface area contributed by atoms with Crippen molar-refractivity contribution in [3.8, 4) is 0 Å². The number of carbonyl (C=O) groups is 13. The first-order valence-electron chi connectivity index (χ1n) is 29.5. The van der Waals surface area contributed by atoms with Crippen LogP contribution in [0.2, 0.25) is 0 Å². The van der Waals surface area contributed by atoms with Crippen molar-refractivity contribution in [3.63, 3.8) is 0 Å². The maximum atomic E-state index is 14.4. The van der Waals surface area contributed by atoms with Crippen molar-refractivity contribution >= 4 is 76.9 Å². The van der Waals surface area contributed by atoms with Crippen LogP contribution in [0.1, 0.15) is 119 Å². The summed E-state index contributed by atoms with van der Waals surface area (Å²) in [6.07, 6.45) is 2.86. The number of aromatic nitrogens is 2. The summed E-state index contributed by atoms with van der Waals surface area (Å²) in [5.41, 5.74) is 12.9. The van der Waals surface area contributed by atoms with Crippen molar-refractivity contribution in [3.05, 3.63) is 54.1 Å². The molecule has 1 aliphatic rings. The molecule has 30 nitrogen and oxygen atoms in total. The summed E-state index contributed by atoms with van der Waals surface area (Å²) in [6.45, 7) is 14.9. The predicted octanol–water partition coefficient (Wildman–Crippen LogP) is -3.22. The topological polar surface area (TPSA) is 467 Å². The molecule has 0 spiro atoms. The highest BCUT2D eigenvalue weighted by molar-refractivity contribution is 6.00. The van der Waals surface area contributed by atoms with Crippen LogP contribution in [0.4, 0.5) is 0 Å². The van der Waals surface area contributed by atoms with Gasteiger partial charge in [0.1, 0.15) is 67.0 Å². The Labute approximate surface area is 511 Å². The van der Waals surface area contributed by atoms with Gasteiger partial charge in [-0.25, -0.2) is 4.98 Å². The van der Waals surface area contributed by atoms with Crippen LogP contribution in [-0.2, 0) is 75.2 Å². The summed E-state index contributed by atoms with van der Waals surface area (Å²) >= 11 is 0. The summed E-state index contributed by atoms with van der Waals surface area (Å²) in [5.74, 6) is -12.8. The molecule has 0 saturated carbocycles. The van der Waals surface area contributed by atoms with E-state index in [9.17, 15) is 67.4 Å². The van der Waals surface area contributed by atoms with Crippen LogP contribution in [0.5, 0.6) is 0 Å². The zero-order chi connectivity index (χ0) is 66.1. The Kier molecular flexibility index (Phi) is 30.1. The number of primary amides is 1. The number of carbonyl (C=O) groups excluding carboxylic acids is 12. The minimum atomic E-state index is -1.73. The van der Waals surface area contributed by atoms with E-state index in [0.717, 1.165) is 4.90 Å². The summed E-state index contributed by atoms with van der Waals surface area (Å²) in [7, 11) is 0. The molecule has 17 N–H and O–H groups in total. The van der Waals surface area contributed by atoms with Crippen molar-refractivity contribution in [1.82, 2.24) is 68.0 Å². The van der Waals surface area contributed by atoms with Gasteiger partial charge >= 0.3 is 5.97 Å². The Morgan fingerprint density at radius 2 is 1.08 bits per heavy atom. The molecule has 12 amide bonds. The quantitative estimate of drug-likeness (QED) is 0.0319. The molecule has 30 heteroatoms. The van der Waals surface area contributed by atoms with Gasteiger partial charge in [0.15, 0.2) is 0 Å². The van der Waals surface area contributed by atoms with E-state index in [1.54, 1.807) is 71.9 Å². The van der Waals surface area contributed by atoms with Gasteiger partial charge in [-0.1, -0.05) is 85.7 Å². The number of H-pyrrole nitrogens is 1. The van der Waals surface area contributed by atoms with E-state index in [-0.39, 0.29) is 62.8 Å². The molecule has 488 valence electrons. The Morgan fingerprint density at radius 1 is 0.591 bits per heavy atom. The average molecular weight is 1240 g/mol. The molecule has 0 bridgehead atoms. The molecule has 1 fully saturated rings. The third-order valence-corrected chi connectivity index (χ3v) is 14.1. The lowest BCUT2D eigenvalue weighted by Gasteiger charge is -2.31. The summed E-state index contributed by atoms with van der Waals surface area (Å²) in [6, 6.07) is -6.00. The van der Waals surface area contributed by atoms with Crippen molar-refractivity contribution in [2.75, 3.05) is 19.7 Å². The SMILES string of the molecule is CC(C)C[C@H](NC(=O)[C@H](Cc1ccccc1)NC(=O)[C@H](C)NC(=O)[C@H](CC(C)C)NC(=O)[C@@H](N)Cc1cnc[nH]1)C(=O)N[C@@H](CC(N)=O)C(=O)N[C@H](C(=O)N[C@@H](CC(C)C)C(=O)N[C@@H](CO)C(=O)N1CCC[C@H]1C(=O)N[C@@H](C)C(=O)NCC(=O)O)C(C)C. The molecule has 11 atom stereocenters. The van der Waals surface area contributed by atoms with E-state index in [1.165, 1.54) is 26.4 Å². The van der Waals surface area contributed by atoms with E-state index in [2.05, 4.69) is 63.1 Å². The van der Waals surface area contributed by atoms with Crippen LogP contribution >= 0.6 is 0 Å². The van der Waals surface area contributed by atoms with Gasteiger partial charge in [-0.05, 0) is 75.2 Å². The highest BCUT2D eigenvalue weighted by Gasteiger charge is 2.41. The Balaban J connectivity index is 1.80. The number of aliphatic carboxylic acids is 1. The molecular weight excluding hydrogens is 1150 g/mol. The van der Waals surface area contributed by atoms with Gasteiger partial charge in [-0.2, -0.15) is 0 Å². The molecule has 1 aromatic heterocycles. The largest absolute Gasteiger partial charge is 0.480 e. The van der Waals surface area contributed by atoms with Crippen molar-refractivity contribution in [1.29, 1.82) is 0 Å². The Morgan fingerprint density at radius 3 is 1.59 bits per heavy atom. The summed E-state index contributed by atoms with van der Waals surface area (Å²) in [5, 5.41) is 44.6. The van der Waals surface area contributed by atoms with Crippen LogP contribution < -0.4 is 64.6 Å². The fourth-order valence-corrected chi connectivity index (χ4v) is 9.51. The number of hydrogen-bond donors (Lipinski definition) is 15. The number of aromatic amines is 1. The number of nitrogens with one attached hydrogen (secondary N) is 11. The first-order valence-corrected chi connectivity index (χ1v) is 29.5. The van der Waals surface area contributed by atoms with Gasteiger partial charge < -0.3 is 84.7 Å². The molecule has 0 unspecified atom stereocenters. The second-order valence-electron chi connectivity index (χ2n) is 23.7. The standard InChI is InChI=1S/C58H91N15O15/c1-29(2)19-38(67-50(80)37(59)23-36-25-61-28-63-36)51(81)64-34(10)49(79)66-41(22-35-15-12-11-13-16-35)54(84)68-39(20-30(3)4)52(82)69-42(24-45(60)75)55(85)72-47(32(7)8)57(87)70-40(21-31(5)6)53(83)71-43(27-74)58(88)73-18-14-17-44(73)56(86)65-33(9)48(78)62-26-46(76)77/h11-13,15-16,25,28-34,37-44,47,74H,14,17-24,26-27,59H2,1-10H3,(H2,60,75)(H,61,63)(H,62,78)(H,64,81)(H,65,86)(H,66,79)(H,67,80)(H,68,84)(H,69,82)(H,70,87)(H,71,83)(H,72,85)(H,76,77)/t33-,34-,37-,38-,39-,40-,41-,42-,43-,44-,47-/m0/s1. The number of nitrogens with two attached hydrogens (primary N) is 2. The summed E-state index contributed by atoms with van der Waals surface area (Å²) < 4.78 is 0. The van der Waals surface area contributed by atoms with E-state index < -0.39 is 169 Å². The van der Waals surface area contributed by atoms with Gasteiger partial charge in [-0.15, -0.1) is 0 Å². The van der Waals surface area contributed by atoms with E-state index >= 15 is 0 Å². The van der Waals surface area contributed by atoms with Gasteiger partial charge in [0.05, 0.1) is 25.4 Å². The van der Waals surface area contributed by atoms with Crippen LogP contribution in [-0.4, -0.2) is 188 Å². The van der Waals surface area contributed by atoms with Crippen LogP contribution in [0.25, 0.3) is 0 Å². The minimum Gasteiger partial charge on any atom is -0.480 e. The van der Waals surface area contributed by atoms with Gasteiger partial charge in [-0.3, -0.25) is 62.3 Å². The molecular formula is C58H91N15O15. The second-order valence-corrected chi connectivity index (χ2v) is 23.7. The third-order valence-electron chi connectivity index (χ3n) is 14.1. The number of imidazole rings is 1. The first-order chi connectivity index (χ1) is 41.3. The molecule has 88 heavy (non-hydrogen) atoms. The number of aliphatic hydroxyl groups is 1. The lowest BCUT2D eigenvalue weighted by atomic mass is 9.98. The van der Waals surface area contributed by atoms with Gasteiger partial charge in [0, 0.05) is 31.3 Å². The second kappa shape index (κ2) is 35.9. The lowest BCUT2D eigenvalue weighted by Crippen LogP contribution is -2.62. The molecule has 2 aromatic rings. The highest BCUT2D eigenvalue weighted by Crippen LogP contribution is 2.20. The van der Waals surface area contributed by atoms with Crippen molar-refractivity contribution < 1.29 is 72.5 Å². The number of carboxylic acids is 1. The lowest BCUT2D eigenvalue weighted by molar-refractivity contribution is -0.143. The van der Waals surface area contributed by atoms with Crippen molar-refractivity contribution in [2.24, 2.45) is 35.1 Å². The fourth-order valence-electron chi connectivity index (χ4n) is 9.51. The molecule has 1 aliphatic heterocycles. The Hall–Kier alpha value is -8.54. The van der Waals surface area contributed by atoms with Crippen molar-refractivity contribution in [2.45, 2.75) is 187 Å². The fraction of sp³-hybridized carbons (Fsp3) is 0.621. The van der Waals surface area contributed by atoms with E-state index in [1.807, 2.05) is 13.8 Å². The normalized spacial score (nSPS) is 16.5. The number of likely N-dealkylation sites (tertiary alicyclic amines) is 1. The van der Waals surface area contributed by atoms with Gasteiger partial charge in [0.25, 0.3) is 0 Å². The monoisotopic (exact) mass is 1240 g/mol. The molecule has 0 aliphatic carbocycles. The molecule has 0 radical (unpaired) electrons. The summed E-state index contributed by atoms with van der Waals surface area (Å²) in [4.78, 5) is 182. The van der Waals surface area contributed by atoms with Crippen LogP contribution in [0, 0.1) is 23.7 Å². The maximum absolute atomic E-state index is 14.4. The molecule has 3 rings (SSSR count). The average Bonchev–Trinajstić information content (AvgIpc) is 3.05. The predicted molar refractivity (Wildman–Crippen MR) is 319 cm³/mol. The number of benzene rings is 1. The van der Waals surface area contributed by atoms with E-state index in [4.69, 9.17) is 16.6 Å². The number of nitrogens with zero attached hydrogens (tertiary/aromatic N) is 2.